The fourth-order valence-electron chi connectivity index (χ4n) is 1.82. The van der Waals surface area contributed by atoms with Crippen molar-refractivity contribution in [2.45, 2.75) is 26.2 Å². The van der Waals surface area contributed by atoms with Crippen LogP contribution in [0.5, 0.6) is 0 Å². The van der Waals surface area contributed by atoms with Crippen LogP contribution in [0.15, 0.2) is 12.2 Å². The van der Waals surface area contributed by atoms with Gasteiger partial charge in [0.25, 0.3) is 0 Å². The van der Waals surface area contributed by atoms with Crippen LogP contribution in [0.1, 0.15) is 26.2 Å². The van der Waals surface area contributed by atoms with E-state index in [9.17, 15) is 0 Å². The first-order valence-corrected chi connectivity index (χ1v) is 5.72. The zero-order valence-electron chi connectivity index (χ0n) is 9.46. The van der Waals surface area contributed by atoms with Crippen molar-refractivity contribution < 1.29 is 4.74 Å². The summed E-state index contributed by atoms with van der Waals surface area (Å²) in [7, 11) is 1.98. The fourth-order valence-corrected chi connectivity index (χ4v) is 1.82. The van der Waals surface area contributed by atoms with Crippen LogP contribution < -0.4 is 5.32 Å². The van der Waals surface area contributed by atoms with E-state index in [2.05, 4.69) is 24.4 Å². The number of allylic oxidation sites excluding steroid dienone is 2. The highest BCUT2D eigenvalue weighted by molar-refractivity contribution is 4.93. The van der Waals surface area contributed by atoms with Crippen molar-refractivity contribution in [1.29, 1.82) is 0 Å². The lowest BCUT2D eigenvalue weighted by molar-refractivity contribution is 0.0779. The zero-order chi connectivity index (χ0) is 10.2. The monoisotopic (exact) mass is 197 g/mol. The summed E-state index contributed by atoms with van der Waals surface area (Å²) < 4.78 is 5.67. The molecule has 82 valence electrons. The summed E-state index contributed by atoms with van der Waals surface area (Å²) in [5.74, 6) is 1.54. The van der Waals surface area contributed by atoms with Gasteiger partial charge in [-0.15, -0.1) is 0 Å². The van der Waals surface area contributed by atoms with Crippen molar-refractivity contribution in [2.75, 3.05) is 26.8 Å². The third-order valence-electron chi connectivity index (χ3n) is 2.97. The lowest BCUT2D eigenvalue weighted by atomic mass is 9.85. The zero-order valence-corrected chi connectivity index (χ0v) is 9.46. The van der Waals surface area contributed by atoms with Crippen molar-refractivity contribution in [1.82, 2.24) is 5.32 Å². The Morgan fingerprint density at radius 1 is 1.36 bits per heavy atom. The Morgan fingerprint density at radius 3 is 2.86 bits per heavy atom. The van der Waals surface area contributed by atoms with E-state index in [0.717, 1.165) is 38.0 Å². The first kappa shape index (κ1) is 11.7. The molecule has 0 saturated carbocycles. The minimum absolute atomic E-state index is 0.745. The second kappa shape index (κ2) is 7.02. The molecule has 2 unspecified atom stereocenters. The maximum Gasteiger partial charge on any atom is 0.0499 e. The third kappa shape index (κ3) is 4.25. The Kier molecular flexibility index (Phi) is 5.88. The van der Waals surface area contributed by atoms with E-state index in [-0.39, 0.29) is 0 Å². The summed E-state index contributed by atoms with van der Waals surface area (Å²) >= 11 is 0. The van der Waals surface area contributed by atoms with Gasteiger partial charge in [-0.05, 0) is 44.7 Å². The molecular formula is C12H23NO. The van der Waals surface area contributed by atoms with Gasteiger partial charge in [-0.1, -0.05) is 19.1 Å². The molecule has 2 atom stereocenters. The van der Waals surface area contributed by atoms with Gasteiger partial charge in [0.15, 0.2) is 0 Å². The SMILES string of the molecule is CNCCCOCC1CC=CCC1C. The number of hydrogen-bond donors (Lipinski definition) is 1. The number of ether oxygens (including phenoxy) is 1. The van der Waals surface area contributed by atoms with Gasteiger partial charge in [-0.2, -0.15) is 0 Å². The molecule has 2 heteroatoms. The molecule has 0 spiro atoms. The summed E-state index contributed by atoms with van der Waals surface area (Å²) in [5, 5.41) is 3.12. The van der Waals surface area contributed by atoms with Crippen molar-refractivity contribution in [2.24, 2.45) is 11.8 Å². The molecule has 0 saturated heterocycles. The van der Waals surface area contributed by atoms with Crippen LogP contribution in [0.2, 0.25) is 0 Å². The van der Waals surface area contributed by atoms with Gasteiger partial charge in [0, 0.05) is 13.2 Å². The van der Waals surface area contributed by atoms with E-state index in [0.29, 0.717) is 0 Å². The molecular weight excluding hydrogens is 174 g/mol. The first-order valence-electron chi connectivity index (χ1n) is 5.72. The van der Waals surface area contributed by atoms with E-state index in [1.165, 1.54) is 12.8 Å². The van der Waals surface area contributed by atoms with Gasteiger partial charge in [-0.25, -0.2) is 0 Å². The van der Waals surface area contributed by atoms with Crippen molar-refractivity contribution in [3.8, 4) is 0 Å². The molecule has 0 aliphatic heterocycles. The molecule has 2 nitrogen and oxygen atoms in total. The van der Waals surface area contributed by atoms with Crippen molar-refractivity contribution >= 4 is 0 Å². The summed E-state index contributed by atoms with van der Waals surface area (Å²) in [6.45, 7) is 5.22. The Morgan fingerprint density at radius 2 is 2.14 bits per heavy atom. The highest BCUT2D eigenvalue weighted by atomic mass is 16.5. The lowest BCUT2D eigenvalue weighted by Gasteiger charge is -2.24. The smallest absolute Gasteiger partial charge is 0.0499 e. The van der Waals surface area contributed by atoms with Crippen LogP contribution in [0, 0.1) is 11.8 Å². The third-order valence-corrected chi connectivity index (χ3v) is 2.97. The van der Waals surface area contributed by atoms with Gasteiger partial charge >= 0.3 is 0 Å². The van der Waals surface area contributed by atoms with Gasteiger partial charge in [-0.3, -0.25) is 0 Å². The van der Waals surface area contributed by atoms with E-state index in [4.69, 9.17) is 4.74 Å². The van der Waals surface area contributed by atoms with E-state index >= 15 is 0 Å². The maximum atomic E-state index is 5.67. The average Bonchev–Trinajstić information content (AvgIpc) is 2.20. The summed E-state index contributed by atoms with van der Waals surface area (Å²) in [5.41, 5.74) is 0. The molecule has 1 aliphatic carbocycles. The number of hydrogen-bond acceptors (Lipinski definition) is 2. The molecule has 0 radical (unpaired) electrons. The van der Waals surface area contributed by atoms with E-state index in [1.807, 2.05) is 7.05 Å². The second-order valence-corrected chi connectivity index (χ2v) is 4.21. The standard InChI is InChI=1S/C12H23NO/c1-11-6-3-4-7-12(11)10-14-9-5-8-13-2/h3-4,11-13H,5-10H2,1-2H3. The van der Waals surface area contributed by atoms with Crippen molar-refractivity contribution in [3.05, 3.63) is 12.2 Å². The number of rotatable bonds is 6. The molecule has 14 heavy (non-hydrogen) atoms. The van der Waals surface area contributed by atoms with Gasteiger partial charge < -0.3 is 10.1 Å². The van der Waals surface area contributed by atoms with Crippen LogP contribution in [-0.4, -0.2) is 26.8 Å². The van der Waals surface area contributed by atoms with Crippen LogP contribution >= 0.6 is 0 Å². The highest BCUT2D eigenvalue weighted by Gasteiger charge is 2.17. The first-order chi connectivity index (χ1) is 6.84. The minimum atomic E-state index is 0.745. The topological polar surface area (TPSA) is 21.3 Å². The van der Waals surface area contributed by atoms with Crippen LogP contribution in [0.3, 0.4) is 0 Å². The van der Waals surface area contributed by atoms with Crippen LogP contribution in [0.25, 0.3) is 0 Å². The summed E-state index contributed by atoms with van der Waals surface area (Å²) in [4.78, 5) is 0. The summed E-state index contributed by atoms with van der Waals surface area (Å²) in [6, 6.07) is 0. The molecule has 0 aromatic carbocycles. The highest BCUT2D eigenvalue weighted by Crippen LogP contribution is 2.24. The number of nitrogens with one attached hydrogen (secondary N) is 1. The van der Waals surface area contributed by atoms with E-state index in [1.54, 1.807) is 0 Å². The molecule has 1 N–H and O–H groups in total. The van der Waals surface area contributed by atoms with Gasteiger partial charge in [0.2, 0.25) is 0 Å². The predicted molar refractivity (Wildman–Crippen MR) is 60.4 cm³/mol. The molecule has 0 heterocycles. The van der Waals surface area contributed by atoms with Crippen molar-refractivity contribution in [3.63, 3.8) is 0 Å². The van der Waals surface area contributed by atoms with Crippen LogP contribution in [-0.2, 0) is 4.74 Å². The quantitative estimate of drug-likeness (QED) is 0.521. The Hall–Kier alpha value is -0.340. The van der Waals surface area contributed by atoms with Gasteiger partial charge in [0.05, 0.1) is 0 Å². The minimum Gasteiger partial charge on any atom is -0.381 e. The molecule has 1 aliphatic rings. The molecule has 0 aromatic rings. The Bertz CT molecular complexity index is 168. The predicted octanol–water partition coefficient (Wildman–Crippen LogP) is 2.21. The normalized spacial score (nSPS) is 26.7. The second-order valence-electron chi connectivity index (χ2n) is 4.21. The average molecular weight is 197 g/mol. The van der Waals surface area contributed by atoms with Crippen LogP contribution in [0.4, 0.5) is 0 Å². The lowest BCUT2D eigenvalue weighted by Crippen LogP contribution is -2.20. The largest absolute Gasteiger partial charge is 0.381 e. The molecule has 1 rings (SSSR count). The van der Waals surface area contributed by atoms with Gasteiger partial charge in [0.1, 0.15) is 0 Å². The Balaban J connectivity index is 2.03. The molecule has 0 aromatic heterocycles. The Labute approximate surface area is 87.7 Å². The van der Waals surface area contributed by atoms with E-state index < -0.39 is 0 Å². The maximum absolute atomic E-state index is 5.67. The molecule has 0 fully saturated rings. The summed E-state index contributed by atoms with van der Waals surface area (Å²) in [6.07, 6.45) is 8.13. The molecule has 0 amide bonds. The molecule has 0 bridgehead atoms. The fraction of sp³-hybridized carbons (Fsp3) is 0.833.